The molecule has 1 saturated carbocycles. The van der Waals surface area contributed by atoms with Crippen molar-refractivity contribution in [3.05, 3.63) is 59.2 Å². The molecule has 34 heavy (non-hydrogen) atoms. The average molecular weight is 461 g/mol. The Balaban J connectivity index is 1.39. The molecule has 0 unspecified atom stereocenters. The number of rotatable bonds is 6. The number of nitrogens with zero attached hydrogens (tertiary/aromatic N) is 4. The van der Waals surface area contributed by atoms with E-state index in [2.05, 4.69) is 15.6 Å². The Morgan fingerprint density at radius 2 is 2.09 bits per heavy atom. The topological polar surface area (TPSA) is 92.3 Å². The fourth-order valence-electron chi connectivity index (χ4n) is 4.74. The van der Waals surface area contributed by atoms with Gasteiger partial charge in [0.15, 0.2) is 0 Å². The first-order valence-electron chi connectivity index (χ1n) is 11.6. The zero-order valence-corrected chi connectivity index (χ0v) is 18.8. The summed E-state index contributed by atoms with van der Waals surface area (Å²) in [5.41, 5.74) is 2.79. The van der Waals surface area contributed by atoms with E-state index in [1.807, 2.05) is 6.07 Å². The van der Waals surface area contributed by atoms with Crippen molar-refractivity contribution in [2.75, 3.05) is 30.4 Å². The lowest BCUT2D eigenvalue weighted by Gasteiger charge is -2.19. The second-order valence-electron chi connectivity index (χ2n) is 8.98. The van der Waals surface area contributed by atoms with Crippen molar-refractivity contribution in [1.82, 2.24) is 20.3 Å². The molecule has 4 heterocycles. The molecule has 9 heteroatoms. The van der Waals surface area contributed by atoms with Crippen molar-refractivity contribution in [2.24, 2.45) is 0 Å². The lowest BCUT2D eigenvalue weighted by molar-refractivity contribution is 0.0996. The molecule has 2 aliphatic heterocycles. The number of benzene rings is 1. The monoisotopic (exact) mass is 460 g/mol. The first-order valence-corrected chi connectivity index (χ1v) is 11.6. The molecule has 2 N–H and O–H groups in total. The summed E-state index contributed by atoms with van der Waals surface area (Å²) in [5, 5.41) is 6.76. The minimum Gasteiger partial charge on any atom is -0.496 e. The summed E-state index contributed by atoms with van der Waals surface area (Å²) in [6, 6.07) is 8.51. The first kappa shape index (κ1) is 21.0. The summed E-state index contributed by atoms with van der Waals surface area (Å²) in [5.74, 6) is 1.26. The fraction of sp³-hybridized carbons (Fsp3) is 0.360. The van der Waals surface area contributed by atoms with Gasteiger partial charge in [-0.15, -0.1) is 0 Å². The number of pyridine rings is 1. The van der Waals surface area contributed by atoms with Crippen LogP contribution >= 0.6 is 0 Å². The number of hydrogen-bond acceptors (Lipinski definition) is 7. The number of hydrogen-bond donors (Lipinski definition) is 2. The van der Waals surface area contributed by atoms with E-state index < -0.39 is 5.82 Å². The van der Waals surface area contributed by atoms with Crippen LogP contribution in [0.1, 0.15) is 46.8 Å². The highest BCUT2D eigenvalue weighted by Gasteiger charge is 2.35. The number of halogens is 1. The number of fused-ring (bicyclic) bond motifs is 1. The predicted molar refractivity (Wildman–Crippen MR) is 126 cm³/mol. The van der Waals surface area contributed by atoms with Crippen molar-refractivity contribution in [3.8, 4) is 17.0 Å². The molecule has 8 nitrogen and oxygen atoms in total. The van der Waals surface area contributed by atoms with Gasteiger partial charge in [-0.3, -0.25) is 14.7 Å². The molecule has 0 bridgehead atoms. The molecule has 1 atom stereocenters. The van der Waals surface area contributed by atoms with Gasteiger partial charge < -0.3 is 15.4 Å². The van der Waals surface area contributed by atoms with Gasteiger partial charge in [0.25, 0.3) is 5.91 Å². The Labute approximate surface area is 196 Å². The number of methoxy groups -OCH3 is 1. The van der Waals surface area contributed by atoms with Crippen LogP contribution in [0.15, 0.2) is 36.5 Å². The molecule has 174 valence electrons. The summed E-state index contributed by atoms with van der Waals surface area (Å²) in [6.07, 6.45) is 4.73. The Morgan fingerprint density at radius 1 is 1.21 bits per heavy atom. The molecule has 1 aliphatic carbocycles. The molecule has 3 aromatic rings. The fourth-order valence-corrected chi connectivity index (χ4v) is 4.74. The number of amides is 1. The second-order valence-corrected chi connectivity index (χ2v) is 8.98. The third-order valence-electron chi connectivity index (χ3n) is 6.68. The minimum absolute atomic E-state index is 0.178. The molecular formula is C25H25FN6O2. The van der Waals surface area contributed by atoms with E-state index >= 15 is 0 Å². The number of carbonyl (C=O) groups excluding carboxylic acids is 1. The number of nitrogens with one attached hydrogen (secondary N) is 2. The lowest BCUT2D eigenvalue weighted by atomic mass is 10.0. The summed E-state index contributed by atoms with van der Waals surface area (Å²) in [4.78, 5) is 29.0. The maximum absolute atomic E-state index is 14.9. The highest BCUT2D eigenvalue weighted by molar-refractivity contribution is 6.10. The van der Waals surface area contributed by atoms with Crippen LogP contribution in [0.5, 0.6) is 5.75 Å². The lowest BCUT2D eigenvalue weighted by Crippen LogP contribution is -2.27. The largest absolute Gasteiger partial charge is 0.496 e. The van der Waals surface area contributed by atoms with Gasteiger partial charge in [-0.1, -0.05) is 6.07 Å². The molecule has 1 amide bonds. The van der Waals surface area contributed by atoms with Gasteiger partial charge in [-0.2, -0.15) is 4.98 Å². The highest BCUT2D eigenvalue weighted by Crippen LogP contribution is 2.42. The molecule has 3 aliphatic rings. The molecular weight excluding hydrogens is 435 g/mol. The Kier molecular flexibility index (Phi) is 5.13. The van der Waals surface area contributed by atoms with Crippen LogP contribution in [-0.2, 0) is 6.54 Å². The quantitative estimate of drug-likeness (QED) is 0.582. The van der Waals surface area contributed by atoms with E-state index in [-0.39, 0.29) is 24.1 Å². The highest BCUT2D eigenvalue weighted by atomic mass is 19.1. The van der Waals surface area contributed by atoms with Crippen LogP contribution in [0.3, 0.4) is 0 Å². The van der Waals surface area contributed by atoms with Crippen LogP contribution in [0, 0.1) is 5.82 Å². The zero-order valence-electron chi connectivity index (χ0n) is 18.8. The average Bonchev–Trinajstić information content (AvgIpc) is 3.48. The van der Waals surface area contributed by atoms with Crippen LogP contribution in [0.2, 0.25) is 0 Å². The van der Waals surface area contributed by atoms with Crippen molar-refractivity contribution < 1.29 is 13.9 Å². The molecule has 1 saturated heterocycles. The Hall–Kier alpha value is -3.59. The normalized spacial score (nSPS) is 19.4. The number of aromatic nitrogens is 3. The number of carbonyl (C=O) groups is 1. The van der Waals surface area contributed by atoms with Crippen LogP contribution in [0.4, 0.5) is 16.2 Å². The molecule has 0 radical (unpaired) electrons. The predicted octanol–water partition coefficient (Wildman–Crippen LogP) is 3.50. The molecule has 2 fully saturated rings. The summed E-state index contributed by atoms with van der Waals surface area (Å²) < 4.78 is 20.2. The SMILES string of the molecule is COc1cccc(F)c1-c1nccc2c1CN(c1cc(C3CC3)nc(N[C@H]3CCNC3)n1)C2=O. The van der Waals surface area contributed by atoms with Gasteiger partial charge in [0, 0.05) is 41.9 Å². The van der Waals surface area contributed by atoms with Crippen molar-refractivity contribution in [1.29, 1.82) is 0 Å². The maximum atomic E-state index is 14.9. The van der Waals surface area contributed by atoms with E-state index in [0.717, 1.165) is 38.0 Å². The van der Waals surface area contributed by atoms with Crippen LogP contribution in [-0.4, -0.2) is 47.1 Å². The maximum Gasteiger partial charge on any atom is 0.260 e. The smallest absolute Gasteiger partial charge is 0.260 e. The van der Waals surface area contributed by atoms with E-state index in [9.17, 15) is 9.18 Å². The van der Waals surface area contributed by atoms with Gasteiger partial charge in [0.1, 0.15) is 17.4 Å². The number of ether oxygens (including phenoxy) is 1. The molecule has 6 rings (SSSR count). The minimum atomic E-state index is -0.444. The van der Waals surface area contributed by atoms with E-state index in [1.165, 1.54) is 19.4 Å². The van der Waals surface area contributed by atoms with Gasteiger partial charge >= 0.3 is 0 Å². The van der Waals surface area contributed by atoms with E-state index in [0.29, 0.717) is 40.3 Å². The van der Waals surface area contributed by atoms with Crippen molar-refractivity contribution in [2.45, 2.75) is 37.8 Å². The van der Waals surface area contributed by atoms with Crippen LogP contribution < -0.4 is 20.3 Å². The summed E-state index contributed by atoms with van der Waals surface area (Å²) in [6.45, 7) is 2.07. The molecule has 1 aromatic carbocycles. The zero-order chi connectivity index (χ0) is 23.2. The van der Waals surface area contributed by atoms with E-state index in [4.69, 9.17) is 14.7 Å². The molecule has 0 spiro atoms. The Bertz CT molecular complexity index is 1270. The number of anilines is 2. The second kappa shape index (κ2) is 8.32. The summed E-state index contributed by atoms with van der Waals surface area (Å²) >= 11 is 0. The first-order chi connectivity index (χ1) is 16.6. The van der Waals surface area contributed by atoms with Crippen molar-refractivity contribution >= 4 is 17.7 Å². The third-order valence-corrected chi connectivity index (χ3v) is 6.68. The van der Waals surface area contributed by atoms with Crippen molar-refractivity contribution in [3.63, 3.8) is 0 Å². The molecule has 2 aromatic heterocycles. The standard InChI is InChI=1S/C25H25FN6O2/c1-34-20-4-2-3-18(26)22(20)23-17-13-32(24(33)16(17)8-10-28-23)21-11-19(14-5-6-14)30-25(31-21)29-15-7-9-27-12-15/h2-4,8,10-11,14-15,27H,5-7,9,12-13H2,1H3,(H,29,30,31)/t15-/m0/s1. The summed E-state index contributed by atoms with van der Waals surface area (Å²) in [7, 11) is 1.49. The third kappa shape index (κ3) is 3.66. The van der Waals surface area contributed by atoms with Gasteiger partial charge in [-0.25, -0.2) is 9.37 Å². The van der Waals surface area contributed by atoms with E-state index in [1.54, 1.807) is 23.1 Å². The van der Waals surface area contributed by atoms with Gasteiger partial charge in [0.2, 0.25) is 5.95 Å². The van der Waals surface area contributed by atoms with Crippen LogP contribution in [0.25, 0.3) is 11.3 Å². The Morgan fingerprint density at radius 3 is 2.85 bits per heavy atom. The van der Waals surface area contributed by atoms with Gasteiger partial charge in [-0.05, 0) is 44.0 Å². The van der Waals surface area contributed by atoms with Gasteiger partial charge in [0.05, 0.1) is 30.6 Å².